The molecule has 1 aliphatic rings. The summed E-state index contributed by atoms with van der Waals surface area (Å²) in [4.78, 5) is 12.0. The number of likely N-dealkylation sites (N-methyl/N-ethyl adjacent to an activating group) is 1. The lowest BCUT2D eigenvalue weighted by Gasteiger charge is -2.18. The molecule has 0 aliphatic heterocycles. The molecule has 6 rings (SSSR count). The van der Waals surface area contributed by atoms with Crippen molar-refractivity contribution in [3.63, 3.8) is 0 Å². The van der Waals surface area contributed by atoms with Crippen LogP contribution in [0.2, 0.25) is 0 Å². The highest BCUT2D eigenvalue weighted by Gasteiger charge is 2.25. The van der Waals surface area contributed by atoms with Crippen molar-refractivity contribution in [3.8, 4) is 33.6 Å². The Balaban J connectivity index is 1.31. The van der Waals surface area contributed by atoms with Crippen molar-refractivity contribution in [2.45, 2.75) is 39.3 Å². The van der Waals surface area contributed by atoms with Crippen LogP contribution >= 0.6 is 0 Å². The number of hydrogen-bond donors (Lipinski definition) is 0. The second kappa shape index (κ2) is 10.0. The van der Waals surface area contributed by atoms with Crippen molar-refractivity contribution in [1.82, 2.24) is 39.0 Å². The molecule has 38 heavy (non-hydrogen) atoms. The second-order valence-electron chi connectivity index (χ2n) is 10.4. The highest BCUT2D eigenvalue weighted by Crippen LogP contribution is 2.41. The molecule has 0 saturated heterocycles. The lowest BCUT2D eigenvalue weighted by atomic mass is 9.89. The normalized spacial score (nSPS) is 12.7. The third kappa shape index (κ3) is 4.67. The third-order valence-corrected chi connectivity index (χ3v) is 7.34. The smallest absolute Gasteiger partial charge is 0.134 e. The number of benzene rings is 1. The van der Waals surface area contributed by atoms with Gasteiger partial charge in [-0.15, -0.1) is 0 Å². The fraction of sp³-hybridized carbons (Fsp3) is 0.333. The van der Waals surface area contributed by atoms with Crippen LogP contribution in [0.5, 0.6) is 0 Å². The summed E-state index contributed by atoms with van der Waals surface area (Å²) in [5.41, 5.74) is 10.6. The van der Waals surface area contributed by atoms with E-state index in [1.807, 2.05) is 28.0 Å². The van der Waals surface area contributed by atoms with Crippen LogP contribution in [-0.4, -0.2) is 59.6 Å². The second-order valence-corrected chi connectivity index (χ2v) is 10.4. The van der Waals surface area contributed by atoms with E-state index in [4.69, 9.17) is 9.97 Å². The predicted molar refractivity (Wildman–Crippen MR) is 150 cm³/mol. The molecular weight excluding hydrogens is 472 g/mol. The van der Waals surface area contributed by atoms with Gasteiger partial charge < -0.3 is 9.47 Å². The SMILES string of the molecule is CCn1ccc(Cc2ncc3c(n2)-c2c(cn(C)c2-c2ccc(-c4cnn(CCN(C)C)c4)cc2)CC3)n1. The Labute approximate surface area is 223 Å². The Bertz CT molecular complexity index is 1570. The van der Waals surface area contributed by atoms with Gasteiger partial charge in [0.05, 0.1) is 36.2 Å². The molecule has 0 amide bonds. The lowest BCUT2D eigenvalue weighted by Crippen LogP contribution is -2.18. The summed E-state index contributed by atoms with van der Waals surface area (Å²) in [6.07, 6.45) is 13.0. The average Bonchev–Trinajstić information content (AvgIpc) is 3.66. The minimum absolute atomic E-state index is 0.634. The van der Waals surface area contributed by atoms with Gasteiger partial charge in [0.1, 0.15) is 5.82 Å². The van der Waals surface area contributed by atoms with Gasteiger partial charge in [-0.2, -0.15) is 10.2 Å². The standard InChI is InChI=1S/C30H34N8/c1-5-37-13-12-26(34-37)16-27-31-17-23-10-11-24-19-36(4)30(28(24)29(23)33-27)22-8-6-21(7-9-22)25-18-32-38(20-25)15-14-35(2)3/h6-9,12-13,17-20H,5,10-11,14-16H2,1-4H3. The van der Waals surface area contributed by atoms with Crippen LogP contribution in [0.4, 0.5) is 0 Å². The Morgan fingerprint density at radius 3 is 2.45 bits per heavy atom. The zero-order chi connectivity index (χ0) is 26.2. The molecule has 0 atom stereocenters. The fourth-order valence-electron chi connectivity index (χ4n) is 5.28. The molecule has 8 nitrogen and oxygen atoms in total. The van der Waals surface area contributed by atoms with Crippen LogP contribution in [-0.2, 0) is 39.4 Å². The molecule has 0 unspecified atom stereocenters. The van der Waals surface area contributed by atoms with E-state index < -0.39 is 0 Å². The van der Waals surface area contributed by atoms with E-state index in [9.17, 15) is 0 Å². The van der Waals surface area contributed by atoms with E-state index in [1.54, 1.807) is 0 Å². The van der Waals surface area contributed by atoms with Crippen LogP contribution < -0.4 is 0 Å². The number of hydrogen-bond acceptors (Lipinski definition) is 5. The molecule has 0 fully saturated rings. The maximum absolute atomic E-state index is 5.09. The van der Waals surface area contributed by atoms with Crippen molar-refractivity contribution < 1.29 is 0 Å². The van der Waals surface area contributed by atoms with E-state index in [0.29, 0.717) is 6.42 Å². The van der Waals surface area contributed by atoms with Gasteiger partial charge in [-0.25, -0.2) is 9.97 Å². The van der Waals surface area contributed by atoms with E-state index in [-0.39, 0.29) is 0 Å². The Kier molecular flexibility index (Phi) is 6.41. The van der Waals surface area contributed by atoms with Gasteiger partial charge in [0.25, 0.3) is 0 Å². The van der Waals surface area contributed by atoms with E-state index in [0.717, 1.165) is 55.3 Å². The number of nitrogens with zero attached hydrogens (tertiary/aromatic N) is 8. The largest absolute Gasteiger partial charge is 0.350 e. The van der Waals surface area contributed by atoms with Gasteiger partial charge in [-0.1, -0.05) is 24.3 Å². The molecule has 1 aliphatic carbocycles. The van der Waals surface area contributed by atoms with Crippen LogP contribution in [0.3, 0.4) is 0 Å². The van der Waals surface area contributed by atoms with Crippen molar-refractivity contribution in [2.75, 3.05) is 20.6 Å². The first-order valence-electron chi connectivity index (χ1n) is 13.3. The highest BCUT2D eigenvalue weighted by atomic mass is 15.3. The number of aryl methyl sites for hydroxylation is 4. The number of rotatable bonds is 8. The zero-order valence-corrected chi connectivity index (χ0v) is 22.6. The van der Waals surface area contributed by atoms with Gasteiger partial charge >= 0.3 is 0 Å². The highest BCUT2D eigenvalue weighted by molar-refractivity contribution is 5.86. The van der Waals surface area contributed by atoms with Crippen molar-refractivity contribution in [1.29, 1.82) is 0 Å². The maximum atomic E-state index is 5.09. The summed E-state index contributed by atoms with van der Waals surface area (Å²) < 4.78 is 6.20. The Hall–Kier alpha value is -4.04. The van der Waals surface area contributed by atoms with Crippen LogP contribution in [0, 0.1) is 0 Å². The first kappa shape index (κ1) is 24.3. The maximum Gasteiger partial charge on any atom is 0.134 e. The molecule has 0 N–H and O–H groups in total. The first-order valence-corrected chi connectivity index (χ1v) is 13.3. The molecule has 4 heterocycles. The topological polar surface area (TPSA) is 69.6 Å². The van der Waals surface area contributed by atoms with Crippen molar-refractivity contribution in [2.24, 2.45) is 7.05 Å². The minimum Gasteiger partial charge on any atom is -0.350 e. The molecule has 1 aromatic carbocycles. The molecule has 5 aromatic rings. The predicted octanol–water partition coefficient (Wildman–Crippen LogP) is 4.48. The van der Waals surface area contributed by atoms with Crippen molar-refractivity contribution >= 4 is 0 Å². The minimum atomic E-state index is 0.634. The molecule has 8 heteroatoms. The summed E-state index contributed by atoms with van der Waals surface area (Å²) in [7, 11) is 6.30. The average molecular weight is 507 g/mol. The van der Waals surface area contributed by atoms with Crippen LogP contribution in [0.1, 0.15) is 29.6 Å². The van der Waals surface area contributed by atoms with E-state index in [2.05, 4.69) is 90.5 Å². The van der Waals surface area contributed by atoms with Gasteiger partial charge in [-0.3, -0.25) is 9.36 Å². The zero-order valence-electron chi connectivity index (χ0n) is 22.6. The molecule has 0 spiro atoms. The number of aromatic nitrogens is 7. The van der Waals surface area contributed by atoms with Gasteiger partial charge in [0.15, 0.2) is 0 Å². The Morgan fingerprint density at radius 1 is 0.895 bits per heavy atom. The number of fused-ring (bicyclic) bond motifs is 3. The summed E-state index contributed by atoms with van der Waals surface area (Å²) >= 11 is 0. The van der Waals surface area contributed by atoms with Crippen molar-refractivity contribution in [3.05, 3.63) is 84.0 Å². The van der Waals surface area contributed by atoms with Crippen LogP contribution in [0.15, 0.2) is 61.3 Å². The summed E-state index contributed by atoms with van der Waals surface area (Å²) in [6.45, 7) is 4.80. The Morgan fingerprint density at radius 2 is 1.68 bits per heavy atom. The first-order chi connectivity index (χ1) is 18.5. The summed E-state index contributed by atoms with van der Waals surface area (Å²) in [5, 5.41) is 9.17. The summed E-state index contributed by atoms with van der Waals surface area (Å²) in [6, 6.07) is 10.9. The molecule has 0 bridgehead atoms. The fourth-order valence-corrected chi connectivity index (χ4v) is 5.28. The molecule has 4 aromatic heterocycles. The summed E-state index contributed by atoms with van der Waals surface area (Å²) in [5.74, 6) is 0.814. The molecular formula is C30H34N8. The van der Waals surface area contributed by atoms with E-state index in [1.165, 1.54) is 33.5 Å². The molecule has 0 radical (unpaired) electrons. The van der Waals surface area contributed by atoms with Gasteiger partial charge in [-0.05, 0) is 62.2 Å². The van der Waals surface area contributed by atoms with E-state index >= 15 is 0 Å². The monoisotopic (exact) mass is 506 g/mol. The lowest BCUT2D eigenvalue weighted by molar-refractivity contribution is 0.373. The molecule has 0 saturated carbocycles. The van der Waals surface area contributed by atoms with Crippen LogP contribution in [0.25, 0.3) is 33.6 Å². The quantitative estimate of drug-likeness (QED) is 0.310. The van der Waals surface area contributed by atoms with Gasteiger partial charge in [0.2, 0.25) is 0 Å². The van der Waals surface area contributed by atoms with Gasteiger partial charge in [0, 0.05) is 56.1 Å². The third-order valence-electron chi connectivity index (χ3n) is 7.34. The molecule has 194 valence electrons.